The van der Waals surface area contributed by atoms with Gasteiger partial charge in [-0.15, -0.1) is 6.58 Å². The van der Waals surface area contributed by atoms with Crippen LogP contribution in [0.4, 0.5) is 13.2 Å². The van der Waals surface area contributed by atoms with E-state index in [4.69, 9.17) is 23.2 Å². The van der Waals surface area contributed by atoms with Crippen molar-refractivity contribution < 1.29 is 23.1 Å². The lowest BCUT2D eigenvalue weighted by Gasteiger charge is -2.52. The highest BCUT2D eigenvalue weighted by Gasteiger charge is 2.53. The summed E-state index contributed by atoms with van der Waals surface area (Å²) in [6.45, 7) is 8.38. The third kappa shape index (κ3) is 6.35. The molecule has 37 heavy (non-hydrogen) atoms. The number of aliphatic hydroxyl groups is 1. The van der Waals surface area contributed by atoms with Crippen molar-refractivity contribution >= 4 is 29.1 Å². The molecule has 5 atom stereocenters. The van der Waals surface area contributed by atoms with Crippen molar-refractivity contribution in [2.45, 2.75) is 82.7 Å². The summed E-state index contributed by atoms with van der Waals surface area (Å²) in [5.41, 5.74) is -1.88. The van der Waals surface area contributed by atoms with E-state index in [9.17, 15) is 23.1 Å². The van der Waals surface area contributed by atoms with Crippen LogP contribution in [0.15, 0.2) is 61.2 Å². The predicted octanol–water partition coefficient (Wildman–Crippen LogP) is 8.51. The van der Waals surface area contributed by atoms with Crippen LogP contribution in [-0.4, -0.2) is 33.7 Å². The summed E-state index contributed by atoms with van der Waals surface area (Å²) >= 11 is 12.5. The number of piperidine rings is 1. The molecular weight excluding hydrogens is 522 g/mol. The number of carbonyl (C=O) groups excluding carboxylic acids is 1. The van der Waals surface area contributed by atoms with E-state index < -0.39 is 35.7 Å². The minimum Gasteiger partial charge on any atom is -0.381 e. The van der Waals surface area contributed by atoms with Gasteiger partial charge in [0.25, 0.3) is 0 Å². The molecule has 202 valence electrons. The molecule has 3 nitrogen and oxygen atoms in total. The molecule has 0 spiro atoms. The molecule has 1 saturated heterocycles. The number of likely N-dealkylation sites (tertiary alicyclic amines) is 1. The van der Waals surface area contributed by atoms with E-state index in [-0.39, 0.29) is 18.2 Å². The Labute approximate surface area is 227 Å². The molecule has 1 aliphatic rings. The highest BCUT2D eigenvalue weighted by Crippen LogP contribution is 2.53. The van der Waals surface area contributed by atoms with Crippen LogP contribution < -0.4 is 0 Å². The van der Waals surface area contributed by atoms with Crippen LogP contribution in [-0.2, 0) is 4.79 Å². The number of hydrogen-bond acceptors (Lipinski definition) is 2. The molecule has 1 amide bonds. The molecular formula is C29H34Cl2F3NO2. The van der Waals surface area contributed by atoms with Crippen molar-refractivity contribution in [3.05, 3.63) is 82.4 Å². The molecule has 0 radical (unpaired) electrons. The number of hydrogen-bond donors (Lipinski definition) is 1. The van der Waals surface area contributed by atoms with Crippen molar-refractivity contribution in [1.82, 2.24) is 4.90 Å². The van der Waals surface area contributed by atoms with Gasteiger partial charge in [0.2, 0.25) is 5.91 Å². The van der Waals surface area contributed by atoms with Gasteiger partial charge in [-0.05, 0) is 74.4 Å². The fraction of sp³-hybridized carbons (Fsp3) is 0.483. The lowest BCUT2D eigenvalue weighted by molar-refractivity contribution is -0.256. The largest absolute Gasteiger partial charge is 0.416 e. The van der Waals surface area contributed by atoms with Crippen molar-refractivity contribution in [2.24, 2.45) is 5.41 Å². The maximum absolute atomic E-state index is 14.2. The minimum absolute atomic E-state index is 0.00866. The number of allylic oxidation sites excluding steroid dienone is 1. The third-order valence-corrected chi connectivity index (χ3v) is 8.11. The normalized spacial score (nSPS) is 25.0. The average molecular weight is 556 g/mol. The molecule has 0 bridgehead atoms. The first-order chi connectivity index (χ1) is 17.2. The van der Waals surface area contributed by atoms with Crippen LogP contribution in [0.2, 0.25) is 10.0 Å². The smallest absolute Gasteiger partial charge is 0.381 e. The summed E-state index contributed by atoms with van der Waals surface area (Å²) in [5.74, 6) is -0.316. The first-order valence-corrected chi connectivity index (χ1v) is 13.2. The maximum Gasteiger partial charge on any atom is 0.416 e. The van der Waals surface area contributed by atoms with E-state index in [2.05, 4.69) is 6.58 Å². The van der Waals surface area contributed by atoms with Gasteiger partial charge in [-0.1, -0.05) is 67.4 Å². The molecule has 0 saturated carbocycles. The zero-order valence-electron chi connectivity index (χ0n) is 21.4. The quantitative estimate of drug-likeness (QED) is 0.315. The van der Waals surface area contributed by atoms with E-state index >= 15 is 0 Å². The number of carbonyl (C=O) groups is 1. The van der Waals surface area contributed by atoms with Gasteiger partial charge in [-0.3, -0.25) is 4.79 Å². The van der Waals surface area contributed by atoms with Gasteiger partial charge in [0.05, 0.1) is 11.5 Å². The van der Waals surface area contributed by atoms with Crippen LogP contribution in [0.5, 0.6) is 0 Å². The minimum atomic E-state index is -4.77. The Balaban J connectivity index is 2.16. The maximum atomic E-state index is 14.2. The molecule has 0 aromatic heterocycles. The number of halogens is 5. The predicted molar refractivity (Wildman–Crippen MR) is 143 cm³/mol. The second kappa shape index (κ2) is 11.4. The average Bonchev–Trinajstić information content (AvgIpc) is 2.82. The van der Waals surface area contributed by atoms with Crippen LogP contribution in [0, 0.1) is 5.41 Å². The van der Waals surface area contributed by atoms with Gasteiger partial charge in [0.15, 0.2) is 5.60 Å². The van der Waals surface area contributed by atoms with Gasteiger partial charge in [0.1, 0.15) is 0 Å². The number of benzene rings is 2. The molecule has 1 fully saturated rings. The number of rotatable bonds is 9. The standard InChI is InChI=1S/C29H34Cl2F3NO2/c1-5-15-27(3)18-24(20-8-7-9-22(31)17-20)25(19-10-12-21(30)13-11-19)35(26(27)36)23(6-2)14-16-28(4,37)29(32,33)34/h5,7-13,17,23-25,37H,1,6,14-16,18H2,2-4H3/t23?,24?,25?,27-,28-/m0/s1. The monoisotopic (exact) mass is 555 g/mol. The molecule has 3 rings (SSSR count). The van der Waals surface area contributed by atoms with E-state index in [0.29, 0.717) is 29.3 Å². The lowest BCUT2D eigenvalue weighted by atomic mass is 9.67. The van der Waals surface area contributed by atoms with Crippen molar-refractivity contribution in [2.75, 3.05) is 0 Å². The first-order valence-electron chi connectivity index (χ1n) is 12.5. The lowest BCUT2D eigenvalue weighted by Crippen LogP contribution is -2.56. The number of alkyl halides is 3. The summed E-state index contributed by atoms with van der Waals surface area (Å²) in [6.07, 6.45) is -2.23. The Morgan fingerprint density at radius 1 is 1.16 bits per heavy atom. The number of amides is 1. The molecule has 3 unspecified atom stereocenters. The summed E-state index contributed by atoms with van der Waals surface area (Å²) < 4.78 is 40.4. The van der Waals surface area contributed by atoms with Gasteiger partial charge < -0.3 is 10.0 Å². The molecule has 1 aliphatic heterocycles. The second-order valence-electron chi connectivity index (χ2n) is 10.5. The SMILES string of the molecule is C=CC[C@@]1(C)CC(c2cccc(Cl)c2)C(c2ccc(Cl)cc2)N(C(CC)CC[C@](C)(O)C(F)(F)F)C1=O. The van der Waals surface area contributed by atoms with Crippen LogP contribution in [0.3, 0.4) is 0 Å². The molecule has 2 aromatic rings. The van der Waals surface area contributed by atoms with Crippen LogP contribution >= 0.6 is 23.2 Å². The summed E-state index contributed by atoms with van der Waals surface area (Å²) in [4.78, 5) is 16.0. The van der Waals surface area contributed by atoms with Crippen LogP contribution in [0.1, 0.15) is 76.0 Å². The third-order valence-electron chi connectivity index (χ3n) is 7.62. The zero-order chi connectivity index (χ0) is 27.6. The Bertz CT molecular complexity index is 1100. The molecule has 1 N–H and O–H groups in total. The van der Waals surface area contributed by atoms with Gasteiger partial charge in [-0.25, -0.2) is 0 Å². The van der Waals surface area contributed by atoms with Crippen molar-refractivity contribution in [3.63, 3.8) is 0 Å². The Morgan fingerprint density at radius 2 is 1.81 bits per heavy atom. The number of nitrogens with zero attached hydrogens (tertiary/aromatic N) is 1. The van der Waals surface area contributed by atoms with E-state index in [1.165, 1.54) is 0 Å². The van der Waals surface area contributed by atoms with Crippen molar-refractivity contribution in [1.29, 1.82) is 0 Å². The van der Waals surface area contributed by atoms with Gasteiger partial charge in [0, 0.05) is 22.0 Å². The van der Waals surface area contributed by atoms with Crippen molar-refractivity contribution in [3.8, 4) is 0 Å². The van der Waals surface area contributed by atoms with Crippen LogP contribution in [0.25, 0.3) is 0 Å². The fourth-order valence-electron chi connectivity index (χ4n) is 5.42. The second-order valence-corrected chi connectivity index (χ2v) is 11.4. The Hall–Kier alpha value is -2.02. The van der Waals surface area contributed by atoms with Gasteiger partial charge in [-0.2, -0.15) is 13.2 Å². The molecule has 0 aliphatic carbocycles. The highest BCUT2D eigenvalue weighted by atomic mass is 35.5. The molecule has 8 heteroatoms. The first kappa shape index (κ1) is 29.5. The Morgan fingerprint density at radius 3 is 2.35 bits per heavy atom. The highest BCUT2D eigenvalue weighted by molar-refractivity contribution is 6.30. The summed E-state index contributed by atoms with van der Waals surface area (Å²) in [7, 11) is 0. The van der Waals surface area contributed by atoms with Gasteiger partial charge >= 0.3 is 6.18 Å². The Kier molecular flexibility index (Phi) is 9.09. The summed E-state index contributed by atoms with van der Waals surface area (Å²) in [6, 6.07) is 13.7. The zero-order valence-corrected chi connectivity index (χ0v) is 22.9. The van der Waals surface area contributed by atoms with E-state index in [0.717, 1.165) is 18.1 Å². The molecule has 1 heterocycles. The topological polar surface area (TPSA) is 40.5 Å². The van der Waals surface area contributed by atoms with E-state index in [1.807, 2.05) is 44.2 Å². The fourth-order valence-corrected chi connectivity index (χ4v) is 5.74. The summed E-state index contributed by atoms with van der Waals surface area (Å²) in [5, 5.41) is 11.3. The van der Waals surface area contributed by atoms with E-state index in [1.54, 1.807) is 29.2 Å². The molecule has 2 aromatic carbocycles.